The van der Waals surface area contributed by atoms with Crippen LogP contribution in [-0.4, -0.2) is 22.5 Å². The van der Waals surface area contributed by atoms with Gasteiger partial charge in [0, 0.05) is 16.7 Å². The van der Waals surface area contributed by atoms with Crippen molar-refractivity contribution in [3.05, 3.63) is 11.1 Å². The third-order valence-corrected chi connectivity index (χ3v) is 4.99. The Kier molecular flexibility index (Phi) is 3.92. The van der Waals surface area contributed by atoms with Crippen molar-refractivity contribution in [3.63, 3.8) is 0 Å². The lowest BCUT2D eigenvalue weighted by Crippen LogP contribution is -2.34. The van der Waals surface area contributed by atoms with Crippen LogP contribution in [0, 0.1) is 6.92 Å². The fourth-order valence-electron chi connectivity index (χ4n) is 2.12. The van der Waals surface area contributed by atoms with Crippen molar-refractivity contribution >= 4 is 28.2 Å². The van der Waals surface area contributed by atoms with E-state index in [1.807, 2.05) is 11.8 Å². The lowest BCUT2D eigenvalue weighted by Gasteiger charge is -2.30. The first kappa shape index (κ1) is 11.3. The van der Waals surface area contributed by atoms with E-state index in [1.165, 1.54) is 25.7 Å². The largest absolute Gasteiger partial charge is 0.358 e. The van der Waals surface area contributed by atoms with Crippen LogP contribution in [0.2, 0.25) is 0 Å². The van der Waals surface area contributed by atoms with Gasteiger partial charge in [-0.3, -0.25) is 0 Å². The highest BCUT2D eigenvalue weighted by atomic mass is 32.2. The van der Waals surface area contributed by atoms with Crippen LogP contribution >= 0.6 is 23.1 Å². The normalized spacial score (nSPS) is 26.5. The molecule has 1 saturated carbocycles. The fourth-order valence-corrected chi connectivity index (χ4v) is 3.81. The zero-order valence-corrected chi connectivity index (χ0v) is 11.0. The predicted molar refractivity (Wildman–Crippen MR) is 70.0 cm³/mol. The van der Waals surface area contributed by atoms with E-state index in [1.54, 1.807) is 11.3 Å². The molecule has 0 bridgehead atoms. The van der Waals surface area contributed by atoms with E-state index in [0.717, 1.165) is 16.1 Å². The van der Waals surface area contributed by atoms with Crippen molar-refractivity contribution in [2.75, 3.05) is 11.6 Å². The third kappa shape index (κ3) is 2.88. The molecule has 2 unspecified atom stereocenters. The molecular weight excluding hydrogens is 224 g/mol. The van der Waals surface area contributed by atoms with Crippen LogP contribution in [0.15, 0.2) is 5.38 Å². The number of hydrogen-bond acceptors (Lipinski definition) is 4. The van der Waals surface area contributed by atoms with Gasteiger partial charge in [0.15, 0.2) is 5.13 Å². The molecule has 4 heteroatoms. The number of nitrogens with zero attached hydrogens (tertiary/aromatic N) is 1. The standard InChI is InChI=1S/C11H18N2S2/c1-8-7-15-11(12-8)13-9-5-3-4-6-10(9)14-2/h7,9-10H,3-6H2,1-2H3,(H,12,13). The van der Waals surface area contributed by atoms with Crippen LogP contribution in [-0.2, 0) is 0 Å². The van der Waals surface area contributed by atoms with Crippen molar-refractivity contribution in [1.82, 2.24) is 4.98 Å². The number of rotatable bonds is 3. The Morgan fingerprint density at radius 3 is 2.93 bits per heavy atom. The molecule has 0 amide bonds. The van der Waals surface area contributed by atoms with Gasteiger partial charge in [-0.25, -0.2) is 4.98 Å². The summed E-state index contributed by atoms with van der Waals surface area (Å²) < 4.78 is 0. The molecule has 0 aromatic carbocycles. The van der Waals surface area contributed by atoms with Crippen LogP contribution in [0.4, 0.5) is 5.13 Å². The average molecular weight is 242 g/mol. The summed E-state index contributed by atoms with van der Waals surface area (Å²) in [5.41, 5.74) is 1.12. The third-order valence-electron chi connectivity index (χ3n) is 2.93. The second-order valence-corrected chi connectivity index (χ2v) is 6.04. The van der Waals surface area contributed by atoms with Crippen molar-refractivity contribution in [2.24, 2.45) is 0 Å². The number of thioether (sulfide) groups is 1. The molecule has 0 spiro atoms. The van der Waals surface area contributed by atoms with E-state index in [9.17, 15) is 0 Å². The van der Waals surface area contributed by atoms with Gasteiger partial charge in [-0.15, -0.1) is 11.3 Å². The molecule has 0 saturated heterocycles. The van der Waals surface area contributed by atoms with Crippen LogP contribution in [0.25, 0.3) is 0 Å². The summed E-state index contributed by atoms with van der Waals surface area (Å²) >= 11 is 3.72. The molecular formula is C11H18N2S2. The Labute approximate surface area is 99.9 Å². The second kappa shape index (κ2) is 5.21. The smallest absolute Gasteiger partial charge is 0.183 e. The van der Waals surface area contributed by atoms with Gasteiger partial charge in [-0.1, -0.05) is 12.8 Å². The molecule has 1 N–H and O–H groups in total. The van der Waals surface area contributed by atoms with Crippen LogP contribution in [0.3, 0.4) is 0 Å². The van der Waals surface area contributed by atoms with Crippen LogP contribution in [0.1, 0.15) is 31.4 Å². The first-order valence-corrected chi connectivity index (χ1v) is 7.68. The number of hydrogen-bond donors (Lipinski definition) is 1. The number of aromatic nitrogens is 1. The Morgan fingerprint density at radius 1 is 1.47 bits per heavy atom. The number of nitrogens with one attached hydrogen (secondary N) is 1. The summed E-state index contributed by atoms with van der Waals surface area (Å²) in [5, 5.41) is 7.56. The molecule has 0 aliphatic heterocycles. The van der Waals surface area contributed by atoms with Crippen LogP contribution < -0.4 is 5.32 Å². The summed E-state index contributed by atoms with van der Waals surface area (Å²) in [7, 11) is 0. The molecule has 2 atom stereocenters. The SMILES string of the molecule is CSC1CCCCC1Nc1nc(C)cs1. The van der Waals surface area contributed by atoms with Gasteiger partial charge >= 0.3 is 0 Å². The van der Waals surface area contributed by atoms with Gasteiger partial charge in [-0.05, 0) is 26.0 Å². The maximum Gasteiger partial charge on any atom is 0.183 e. The van der Waals surface area contributed by atoms with E-state index in [0.29, 0.717) is 6.04 Å². The average Bonchev–Trinajstić information content (AvgIpc) is 2.65. The van der Waals surface area contributed by atoms with Gasteiger partial charge in [-0.2, -0.15) is 11.8 Å². The van der Waals surface area contributed by atoms with Crippen molar-refractivity contribution < 1.29 is 0 Å². The number of anilines is 1. The molecule has 1 aromatic rings. The minimum atomic E-state index is 0.624. The van der Waals surface area contributed by atoms with E-state index >= 15 is 0 Å². The van der Waals surface area contributed by atoms with E-state index in [4.69, 9.17) is 0 Å². The Balaban J connectivity index is 1.97. The molecule has 2 nitrogen and oxygen atoms in total. The van der Waals surface area contributed by atoms with Crippen molar-refractivity contribution in [3.8, 4) is 0 Å². The highest BCUT2D eigenvalue weighted by Crippen LogP contribution is 2.30. The number of aryl methyl sites for hydroxylation is 1. The monoisotopic (exact) mass is 242 g/mol. The Morgan fingerprint density at radius 2 is 2.27 bits per heavy atom. The second-order valence-electron chi connectivity index (χ2n) is 4.10. The van der Waals surface area contributed by atoms with Crippen LogP contribution in [0.5, 0.6) is 0 Å². The minimum Gasteiger partial charge on any atom is -0.358 e. The molecule has 1 aromatic heterocycles. The summed E-state index contributed by atoms with van der Waals surface area (Å²) in [6.45, 7) is 2.05. The minimum absolute atomic E-state index is 0.624. The lowest BCUT2D eigenvalue weighted by atomic mass is 9.95. The van der Waals surface area contributed by atoms with Gasteiger partial charge in [0.1, 0.15) is 0 Å². The van der Waals surface area contributed by atoms with Gasteiger partial charge in [0.2, 0.25) is 0 Å². The molecule has 84 valence electrons. The molecule has 1 aliphatic carbocycles. The van der Waals surface area contributed by atoms with E-state index in [-0.39, 0.29) is 0 Å². The van der Waals surface area contributed by atoms with E-state index < -0.39 is 0 Å². The number of thiazole rings is 1. The molecule has 1 aliphatic rings. The summed E-state index contributed by atoms with van der Waals surface area (Å²) in [4.78, 5) is 4.47. The lowest BCUT2D eigenvalue weighted by molar-refractivity contribution is 0.475. The van der Waals surface area contributed by atoms with Gasteiger partial charge in [0.05, 0.1) is 5.69 Å². The first-order valence-electron chi connectivity index (χ1n) is 5.51. The highest BCUT2D eigenvalue weighted by Gasteiger charge is 2.24. The predicted octanol–water partition coefficient (Wildman–Crippen LogP) is 3.54. The Hall–Kier alpha value is -0.220. The Bertz CT molecular complexity index is 311. The van der Waals surface area contributed by atoms with Crippen molar-refractivity contribution in [1.29, 1.82) is 0 Å². The summed E-state index contributed by atoms with van der Waals surface area (Å²) in [6, 6.07) is 0.624. The topological polar surface area (TPSA) is 24.9 Å². The molecule has 1 fully saturated rings. The molecule has 1 heterocycles. The maximum absolute atomic E-state index is 4.47. The zero-order chi connectivity index (χ0) is 10.7. The maximum atomic E-state index is 4.47. The van der Waals surface area contributed by atoms with E-state index in [2.05, 4.69) is 28.9 Å². The highest BCUT2D eigenvalue weighted by molar-refractivity contribution is 7.99. The molecule has 2 rings (SSSR count). The van der Waals surface area contributed by atoms with Gasteiger partial charge < -0.3 is 5.32 Å². The quantitative estimate of drug-likeness (QED) is 0.877. The molecule has 15 heavy (non-hydrogen) atoms. The molecule has 0 radical (unpaired) electrons. The first-order chi connectivity index (χ1) is 7.29. The zero-order valence-electron chi connectivity index (χ0n) is 9.32. The summed E-state index contributed by atoms with van der Waals surface area (Å²) in [5.74, 6) is 0. The van der Waals surface area contributed by atoms with Gasteiger partial charge in [0.25, 0.3) is 0 Å². The fraction of sp³-hybridized carbons (Fsp3) is 0.727. The summed E-state index contributed by atoms with van der Waals surface area (Å²) in [6.07, 6.45) is 7.62. The van der Waals surface area contributed by atoms with Crippen molar-refractivity contribution in [2.45, 2.75) is 43.9 Å².